The topological polar surface area (TPSA) is 61.0 Å². The van der Waals surface area contributed by atoms with Crippen LogP contribution in [-0.4, -0.2) is 9.97 Å². The molecule has 0 aliphatic rings. The van der Waals surface area contributed by atoms with Gasteiger partial charge in [0.2, 0.25) is 5.88 Å². The molecule has 19 heavy (non-hydrogen) atoms. The number of nitrogen functional groups attached to an aromatic ring is 1. The first-order valence-corrected chi connectivity index (χ1v) is 5.99. The van der Waals surface area contributed by atoms with Crippen LogP contribution in [0.25, 0.3) is 10.9 Å². The summed E-state index contributed by atoms with van der Waals surface area (Å²) in [5.74, 6) is 1.07. The Hall–Kier alpha value is -2.62. The molecule has 2 aromatic heterocycles. The molecule has 0 atom stereocenters. The highest BCUT2D eigenvalue weighted by atomic mass is 16.5. The molecule has 1 aromatic carbocycles. The minimum atomic E-state index is 0.415. The van der Waals surface area contributed by atoms with Gasteiger partial charge in [-0.1, -0.05) is 18.2 Å². The monoisotopic (exact) mass is 251 g/mol. The predicted octanol–water partition coefficient (Wildman–Crippen LogP) is 3.31. The molecule has 3 rings (SSSR count). The molecule has 2 N–H and O–H groups in total. The minimum Gasteiger partial charge on any atom is -0.435 e. The van der Waals surface area contributed by atoms with Gasteiger partial charge in [-0.25, -0.2) is 4.98 Å². The van der Waals surface area contributed by atoms with E-state index in [1.807, 2.05) is 43.3 Å². The number of nitrogens with zero attached hydrogens (tertiary/aromatic N) is 2. The van der Waals surface area contributed by atoms with Gasteiger partial charge in [0.25, 0.3) is 0 Å². The molecule has 4 heteroatoms. The summed E-state index contributed by atoms with van der Waals surface area (Å²) in [5, 5.41) is 1.02. The molecule has 3 aromatic rings. The lowest BCUT2D eigenvalue weighted by Crippen LogP contribution is -1.97. The van der Waals surface area contributed by atoms with Crippen molar-refractivity contribution in [3.8, 4) is 11.6 Å². The number of aromatic nitrogens is 2. The number of pyridine rings is 2. The summed E-state index contributed by atoms with van der Waals surface area (Å²) >= 11 is 0. The van der Waals surface area contributed by atoms with Gasteiger partial charge in [-0.3, -0.25) is 4.98 Å². The summed E-state index contributed by atoms with van der Waals surface area (Å²) in [7, 11) is 0. The average molecular weight is 251 g/mol. The van der Waals surface area contributed by atoms with Gasteiger partial charge >= 0.3 is 0 Å². The van der Waals surface area contributed by atoms with Crippen LogP contribution in [0.2, 0.25) is 0 Å². The number of hydrogen-bond donors (Lipinski definition) is 1. The van der Waals surface area contributed by atoms with Crippen LogP contribution >= 0.6 is 0 Å². The van der Waals surface area contributed by atoms with Crippen LogP contribution in [-0.2, 0) is 0 Å². The van der Waals surface area contributed by atoms with Crippen LogP contribution in [0.3, 0.4) is 0 Å². The van der Waals surface area contributed by atoms with E-state index in [9.17, 15) is 0 Å². The van der Waals surface area contributed by atoms with Crippen LogP contribution in [0.15, 0.2) is 48.7 Å². The number of aryl methyl sites for hydroxylation is 1. The zero-order valence-electron chi connectivity index (χ0n) is 10.5. The van der Waals surface area contributed by atoms with Crippen molar-refractivity contribution in [3.63, 3.8) is 0 Å². The Labute approximate surface area is 110 Å². The number of para-hydroxylation sites is 1. The maximum absolute atomic E-state index is 5.87. The summed E-state index contributed by atoms with van der Waals surface area (Å²) < 4.78 is 5.80. The van der Waals surface area contributed by atoms with Crippen molar-refractivity contribution in [1.29, 1.82) is 0 Å². The lowest BCUT2D eigenvalue weighted by molar-refractivity contribution is 0.468. The molecule has 94 valence electrons. The number of fused-ring (bicyclic) bond motifs is 1. The largest absolute Gasteiger partial charge is 0.435 e. The van der Waals surface area contributed by atoms with E-state index in [0.29, 0.717) is 17.3 Å². The van der Waals surface area contributed by atoms with E-state index in [1.165, 1.54) is 0 Å². The highest BCUT2D eigenvalue weighted by Crippen LogP contribution is 2.30. The third-order valence-electron chi connectivity index (χ3n) is 2.83. The Balaban J connectivity index is 2.08. The van der Waals surface area contributed by atoms with Crippen molar-refractivity contribution >= 4 is 16.6 Å². The Kier molecular flexibility index (Phi) is 2.76. The van der Waals surface area contributed by atoms with Crippen LogP contribution in [0, 0.1) is 6.92 Å². The van der Waals surface area contributed by atoms with Crippen LogP contribution in [0.1, 0.15) is 5.69 Å². The number of anilines is 1. The van der Waals surface area contributed by atoms with E-state index in [4.69, 9.17) is 10.5 Å². The molecule has 0 unspecified atom stereocenters. The second-order valence-electron chi connectivity index (χ2n) is 4.28. The molecule has 0 saturated carbocycles. The lowest BCUT2D eigenvalue weighted by atomic mass is 10.2. The molecule has 0 spiro atoms. The van der Waals surface area contributed by atoms with E-state index in [1.54, 1.807) is 12.3 Å². The van der Waals surface area contributed by atoms with E-state index in [2.05, 4.69) is 9.97 Å². The van der Waals surface area contributed by atoms with Crippen LogP contribution in [0.5, 0.6) is 11.6 Å². The standard InChI is InChI=1S/C15H13N3O/c1-10-7-8-12(16)15(18-10)19-13-6-2-4-11-5-3-9-17-14(11)13/h2-9H,16H2,1H3. The third-order valence-corrected chi connectivity index (χ3v) is 2.83. The first-order chi connectivity index (χ1) is 9.24. The second kappa shape index (κ2) is 4.57. The summed E-state index contributed by atoms with van der Waals surface area (Å²) in [5.41, 5.74) is 8.04. The fourth-order valence-electron chi connectivity index (χ4n) is 1.89. The smallest absolute Gasteiger partial charge is 0.242 e. The summed E-state index contributed by atoms with van der Waals surface area (Å²) in [6, 6.07) is 13.3. The number of hydrogen-bond acceptors (Lipinski definition) is 4. The van der Waals surface area contributed by atoms with Gasteiger partial charge in [-0.05, 0) is 31.2 Å². The van der Waals surface area contributed by atoms with Crippen molar-refractivity contribution in [2.45, 2.75) is 6.92 Å². The predicted molar refractivity (Wildman–Crippen MR) is 75.2 cm³/mol. The van der Waals surface area contributed by atoms with Crippen molar-refractivity contribution in [1.82, 2.24) is 9.97 Å². The first-order valence-electron chi connectivity index (χ1n) is 5.99. The minimum absolute atomic E-state index is 0.415. The zero-order valence-corrected chi connectivity index (χ0v) is 10.5. The van der Waals surface area contributed by atoms with Gasteiger partial charge in [0.15, 0.2) is 5.75 Å². The Bertz CT molecular complexity index is 735. The van der Waals surface area contributed by atoms with E-state index >= 15 is 0 Å². The molecule has 2 heterocycles. The molecular weight excluding hydrogens is 238 g/mol. The maximum Gasteiger partial charge on any atom is 0.242 e. The van der Waals surface area contributed by atoms with Gasteiger partial charge < -0.3 is 10.5 Å². The molecule has 0 bridgehead atoms. The Morgan fingerprint density at radius 2 is 1.89 bits per heavy atom. The maximum atomic E-state index is 5.87. The van der Waals surface area contributed by atoms with E-state index in [-0.39, 0.29) is 0 Å². The summed E-state index contributed by atoms with van der Waals surface area (Å²) in [6.45, 7) is 1.90. The molecule has 0 aliphatic carbocycles. The molecular formula is C15H13N3O. The molecule has 4 nitrogen and oxygen atoms in total. The zero-order chi connectivity index (χ0) is 13.2. The SMILES string of the molecule is Cc1ccc(N)c(Oc2cccc3cccnc23)n1. The summed E-state index contributed by atoms with van der Waals surface area (Å²) in [4.78, 5) is 8.64. The molecule has 0 aliphatic heterocycles. The van der Waals surface area contributed by atoms with E-state index < -0.39 is 0 Å². The fraction of sp³-hybridized carbons (Fsp3) is 0.0667. The molecule has 0 fully saturated rings. The normalized spacial score (nSPS) is 10.6. The summed E-state index contributed by atoms with van der Waals surface area (Å²) in [6.07, 6.45) is 1.74. The van der Waals surface area contributed by atoms with Crippen LogP contribution in [0.4, 0.5) is 5.69 Å². The van der Waals surface area contributed by atoms with Crippen molar-refractivity contribution in [3.05, 3.63) is 54.4 Å². The van der Waals surface area contributed by atoms with Gasteiger partial charge in [-0.2, -0.15) is 0 Å². The Morgan fingerprint density at radius 3 is 2.79 bits per heavy atom. The highest BCUT2D eigenvalue weighted by molar-refractivity contribution is 5.84. The molecule has 0 amide bonds. The van der Waals surface area contributed by atoms with Crippen molar-refractivity contribution in [2.24, 2.45) is 0 Å². The Morgan fingerprint density at radius 1 is 1.05 bits per heavy atom. The van der Waals surface area contributed by atoms with E-state index in [0.717, 1.165) is 16.6 Å². The second-order valence-corrected chi connectivity index (χ2v) is 4.28. The van der Waals surface area contributed by atoms with Crippen molar-refractivity contribution in [2.75, 3.05) is 5.73 Å². The average Bonchev–Trinajstić information content (AvgIpc) is 2.43. The highest BCUT2D eigenvalue weighted by Gasteiger charge is 2.08. The van der Waals surface area contributed by atoms with Crippen molar-refractivity contribution < 1.29 is 4.74 Å². The molecule has 0 radical (unpaired) electrons. The lowest BCUT2D eigenvalue weighted by Gasteiger charge is -2.09. The third kappa shape index (κ3) is 2.20. The quantitative estimate of drug-likeness (QED) is 0.759. The van der Waals surface area contributed by atoms with Gasteiger partial charge in [0.05, 0.1) is 5.69 Å². The number of rotatable bonds is 2. The van der Waals surface area contributed by atoms with Gasteiger partial charge in [0, 0.05) is 17.3 Å². The van der Waals surface area contributed by atoms with Crippen LogP contribution < -0.4 is 10.5 Å². The first kappa shape index (κ1) is 11.5. The number of benzene rings is 1. The van der Waals surface area contributed by atoms with Gasteiger partial charge in [-0.15, -0.1) is 0 Å². The number of ether oxygens (including phenoxy) is 1. The number of nitrogens with two attached hydrogens (primary N) is 1. The van der Waals surface area contributed by atoms with Gasteiger partial charge in [0.1, 0.15) is 5.52 Å². The fourth-order valence-corrected chi connectivity index (χ4v) is 1.89. The molecule has 0 saturated heterocycles.